The SMILES string of the molecule is Cc1cc(Br)cc(C(NN)c2ccc3c(c2)CCO3)c1. The molecule has 0 saturated heterocycles. The van der Waals surface area contributed by atoms with Crippen LogP contribution in [0.15, 0.2) is 40.9 Å². The Morgan fingerprint density at radius 2 is 2.05 bits per heavy atom. The van der Waals surface area contributed by atoms with Crippen LogP contribution in [0.3, 0.4) is 0 Å². The zero-order valence-electron chi connectivity index (χ0n) is 11.3. The summed E-state index contributed by atoms with van der Waals surface area (Å²) in [5, 5.41) is 0. The fourth-order valence-electron chi connectivity index (χ4n) is 2.70. The lowest BCUT2D eigenvalue weighted by atomic mass is 9.96. The van der Waals surface area contributed by atoms with Crippen LogP contribution in [0.4, 0.5) is 0 Å². The van der Waals surface area contributed by atoms with E-state index in [2.05, 4.69) is 58.6 Å². The molecule has 0 bridgehead atoms. The van der Waals surface area contributed by atoms with Gasteiger partial charge in [-0.05, 0) is 47.4 Å². The number of halogens is 1. The fraction of sp³-hybridized carbons (Fsp3) is 0.250. The summed E-state index contributed by atoms with van der Waals surface area (Å²) in [5.74, 6) is 6.78. The van der Waals surface area contributed by atoms with Gasteiger partial charge in [0.15, 0.2) is 0 Å². The second-order valence-electron chi connectivity index (χ2n) is 5.13. The van der Waals surface area contributed by atoms with Gasteiger partial charge in [-0.3, -0.25) is 5.84 Å². The number of nitrogens with two attached hydrogens (primary N) is 1. The van der Waals surface area contributed by atoms with Crippen LogP contribution in [0.1, 0.15) is 28.3 Å². The molecular weight excluding hydrogens is 316 g/mol. The molecule has 104 valence electrons. The maximum Gasteiger partial charge on any atom is 0.122 e. The molecule has 1 atom stereocenters. The van der Waals surface area contributed by atoms with Crippen LogP contribution >= 0.6 is 15.9 Å². The number of nitrogens with one attached hydrogen (secondary N) is 1. The normalized spacial score (nSPS) is 14.8. The van der Waals surface area contributed by atoms with Crippen LogP contribution in [0.25, 0.3) is 0 Å². The topological polar surface area (TPSA) is 47.3 Å². The molecule has 1 aliphatic heterocycles. The second-order valence-corrected chi connectivity index (χ2v) is 6.04. The van der Waals surface area contributed by atoms with Gasteiger partial charge in [0.05, 0.1) is 12.6 Å². The first-order chi connectivity index (χ1) is 9.67. The summed E-state index contributed by atoms with van der Waals surface area (Å²) >= 11 is 3.54. The Kier molecular flexibility index (Phi) is 3.78. The van der Waals surface area contributed by atoms with Gasteiger partial charge in [-0.1, -0.05) is 34.1 Å². The average Bonchev–Trinajstić information content (AvgIpc) is 2.86. The molecule has 0 fully saturated rings. The van der Waals surface area contributed by atoms with E-state index in [-0.39, 0.29) is 6.04 Å². The van der Waals surface area contributed by atoms with Crippen molar-refractivity contribution in [3.63, 3.8) is 0 Å². The van der Waals surface area contributed by atoms with E-state index in [1.165, 1.54) is 11.1 Å². The van der Waals surface area contributed by atoms with Crippen LogP contribution < -0.4 is 16.0 Å². The molecule has 1 heterocycles. The number of hydrazine groups is 1. The minimum absolute atomic E-state index is 0.0166. The molecule has 0 amide bonds. The summed E-state index contributed by atoms with van der Waals surface area (Å²) in [6.45, 7) is 2.86. The number of ether oxygens (including phenoxy) is 1. The highest BCUT2D eigenvalue weighted by atomic mass is 79.9. The summed E-state index contributed by atoms with van der Waals surface area (Å²) in [6, 6.07) is 12.6. The Morgan fingerprint density at radius 3 is 2.80 bits per heavy atom. The summed E-state index contributed by atoms with van der Waals surface area (Å²) in [5.41, 5.74) is 7.70. The third kappa shape index (κ3) is 2.59. The van der Waals surface area contributed by atoms with Crippen molar-refractivity contribution in [3.8, 4) is 5.75 Å². The monoisotopic (exact) mass is 332 g/mol. The van der Waals surface area contributed by atoms with Gasteiger partial charge in [0.25, 0.3) is 0 Å². The Hall–Kier alpha value is -1.36. The van der Waals surface area contributed by atoms with Crippen LogP contribution in [-0.4, -0.2) is 6.61 Å². The van der Waals surface area contributed by atoms with Gasteiger partial charge in [0.1, 0.15) is 5.75 Å². The summed E-state index contributed by atoms with van der Waals surface area (Å²) in [6.07, 6.45) is 0.970. The van der Waals surface area contributed by atoms with Crippen molar-refractivity contribution < 1.29 is 4.74 Å². The molecular formula is C16H17BrN2O. The van der Waals surface area contributed by atoms with Gasteiger partial charge in [0, 0.05) is 10.9 Å². The summed E-state index contributed by atoms with van der Waals surface area (Å²) in [7, 11) is 0. The van der Waals surface area contributed by atoms with Crippen molar-refractivity contribution in [3.05, 3.63) is 63.1 Å². The molecule has 0 aliphatic carbocycles. The predicted molar refractivity (Wildman–Crippen MR) is 83.7 cm³/mol. The number of aryl methyl sites for hydroxylation is 1. The Labute approximate surface area is 127 Å². The van der Waals surface area contributed by atoms with Crippen LogP contribution in [-0.2, 0) is 6.42 Å². The first-order valence-corrected chi connectivity index (χ1v) is 7.45. The Bertz CT molecular complexity index is 622. The van der Waals surface area contributed by atoms with Crippen LogP contribution in [0.2, 0.25) is 0 Å². The molecule has 20 heavy (non-hydrogen) atoms. The minimum atomic E-state index is -0.0166. The van der Waals surface area contributed by atoms with Crippen molar-refractivity contribution in [1.82, 2.24) is 5.43 Å². The largest absolute Gasteiger partial charge is 0.493 e. The third-order valence-corrected chi connectivity index (χ3v) is 4.07. The van der Waals surface area contributed by atoms with E-state index < -0.39 is 0 Å². The molecule has 0 aromatic heterocycles. The molecule has 2 aromatic carbocycles. The lowest BCUT2D eigenvalue weighted by molar-refractivity contribution is 0.357. The second kappa shape index (κ2) is 5.56. The zero-order valence-corrected chi connectivity index (χ0v) is 12.9. The first kappa shape index (κ1) is 13.6. The smallest absolute Gasteiger partial charge is 0.122 e. The maximum absolute atomic E-state index is 5.79. The average molecular weight is 333 g/mol. The zero-order chi connectivity index (χ0) is 14.1. The van der Waals surface area contributed by atoms with Gasteiger partial charge in [-0.25, -0.2) is 5.43 Å². The van der Waals surface area contributed by atoms with Gasteiger partial charge >= 0.3 is 0 Å². The van der Waals surface area contributed by atoms with Crippen molar-refractivity contribution >= 4 is 15.9 Å². The van der Waals surface area contributed by atoms with Gasteiger partial charge in [-0.15, -0.1) is 0 Å². The van der Waals surface area contributed by atoms with E-state index in [9.17, 15) is 0 Å². The van der Waals surface area contributed by atoms with Gasteiger partial charge < -0.3 is 4.74 Å². The van der Waals surface area contributed by atoms with E-state index in [0.717, 1.165) is 34.4 Å². The van der Waals surface area contributed by atoms with Gasteiger partial charge in [-0.2, -0.15) is 0 Å². The lowest BCUT2D eigenvalue weighted by Gasteiger charge is -2.18. The van der Waals surface area contributed by atoms with Crippen LogP contribution in [0, 0.1) is 6.92 Å². The Balaban J connectivity index is 2.01. The van der Waals surface area contributed by atoms with E-state index in [0.29, 0.717) is 0 Å². The molecule has 0 radical (unpaired) electrons. The minimum Gasteiger partial charge on any atom is -0.493 e. The van der Waals surface area contributed by atoms with Crippen molar-refractivity contribution in [1.29, 1.82) is 0 Å². The molecule has 3 nitrogen and oxygen atoms in total. The number of benzene rings is 2. The predicted octanol–water partition coefficient (Wildman–Crippen LogP) is 3.25. The molecule has 1 unspecified atom stereocenters. The number of hydrogen-bond donors (Lipinski definition) is 2. The standard InChI is InChI=1S/C16H17BrN2O/c1-10-6-13(9-14(17)7-10)16(19-18)12-2-3-15-11(8-12)4-5-20-15/h2-3,6-9,16,19H,4-5,18H2,1H3. The van der Waals surface area contributed by atoms with E-state index in [4.69, 9.17) is 10.6 Å². The third-order valence-electron chi connectivity index (χ3n) is 3.61. The van der Waals surface area contributed by atoms with Crippen molar-refractivity contribution in [2.24, 2.45) is 5.84 Å². The molecule has 3 rings (SSSR count). The number of rotatable bonds is 3. The van der Waals surface area contributed by atoms with E-state index in [1.54, 1.807) is 0 Å². The molecule has 1 aliphatic rings. The molecule has 0 saturated carbocycles. The Morgan fingerprint density at radius 1 is 1.20 bits per heavy atom. The number of hydrogen-bond acceptors (Lipinski definition) is 3. The highest BCUT2D eigenvalue weighted by Crippen LogP contribution is 2.31. The summed E-state index contributed by atoms with van der Waals surface area (Å²) in [4.78, 5) is 0. The van der Waals surface area contributed by atoms with Gasteiger partial charge in [0.2, 0.25) is 0 Å². The lowest BCUT2D eigenvalue weighted by Crippen LogP contribution is -2.29. The first-order valence-electron chi connectivity index (χ1n) is 6.66. The molecule has 4 heteroatoms. The maximum atomic E-state index is 5.79. The summed E-state index contributed by atoms with van der Waals surface area (Å²) < 4.78 is 6.62. The van der Waals surface area contributed by atoms with Crippen molar-refractivity contribution in [2.45, 2.75) is 19.4 Å². The highest BCUT2D eigenvalue weighted by molar-refractivity contribution is 9.10. The van der Waals surface area contributed by atoms with E-state index >= 15 is 0 Å². The van der Waals surface area contributed by atoms with Crippen LogP contribution in [0.5, 0.6) is 5.75 Å². The number of fused-ring (bicyclic) bond motifs is 1. The van der Waals surface area contributed by atoms with E-state index in [1.807, 2.05) is 6.07 Å². The fourth-order valence-corrected chi connectivity index (χ4v) is 3.33. The highest BCUT2D eigenvalue weighted by Gasteiger charge is 2.18. The molecule has 2 aromatic rings. The van der Waals surface area contributed by atoms with Crippen molar-refractivity contribution in [2.75, 3.05) is 6.61 Å². The quantitative estimate of drug-likeness (QED) is 0.670. The molecule has 0 spiro atoms. The molecule has 3 N–H and O–H groups in total.